The van der Waals surface area contributed by atoms with Gasteiger partial charge in [-0.3, -0.25) is 4.99 Å². The van der Waals surface area contributed by atoms with E-state index in [0.717, 1.165) is 57.3 Å². The molecule has 3 rings (SSSR count). The normalized spacial score (nSPS) is 19.9. The summed E-state index contributed by atoms with van der Waals surface area (Å²) < 4.78 is 5.62. The van der Waals surface area contributed by atoms with Crippen LogP contribution < -0.4 is 15.0 Å². The fraction of sp³-hybridized carbons (Fsp3) is 0.562. The zero-order valence-corrected chi connectivity index (χ0v) is 12.9. The molecule has 2 aliphatic heterocycles. The Balaban J connectivity index is 1.97. The monoisotopic (exact) mass is 288 g/mol. The summed E-state index contributed by atoms with van der Waals surface area (Å²) in [6, 6.07) is 6.24. The summed E-state index contributed by atoms with van der Waals surface area (Å²) in [5, 5.41) is 3.43. The number of benzene rings is 1. The van der Waals surface area contributed by atoms with Gasteiger partial charge in [0.25, 0.3) is 0 Å². The second-order valence-electron chi connectivity index (χ2n) is 5.66. The number of likely N-dealkylation sites (N-methyl/N-ethyl adjacent to an activating group) is 1. The Bertz CT molecular complexity index is 521. The molecule has 114 valence electrons. The highest BCUT2D eigenvalue weighted by Gasteiger charge is 2.23. The van der Waals surface area contributed by atoms with Crippen molar-refractivity contribution in [1.82, 2.24) is 10.2 Å². The van der Waals surface area contributed by atoms with E-state index in [2.05, 4.69) is 33.2 Å². The van der Waals surface area contributed by atoms with Crippen molar-refractivity contribution in [3.05, 3.63) is 23.8 Å². The maximum Gasteiger partial charge on any atom is 0.142 e. The lowest BCUT2D eigenvalue weighted by molar-refractivity contribution is 0.311. The molecule has 5 nitrogen and oxygen atoms in total. The molecule has 0 atom stereocenters. The van der Waals surface area contributed by atoms with Crippen molar-refractivity contribution in [3.8, 4) is 5.75 Å². The van der Waals surface area contributed by atoms with Crippen LogP contribution in [0.4, 0.5) is 5.69 Å². The predicted molar refractivity (Wildman–Crippen MR) is 86.7 cm³/mol. The number of methoxy groups -OCH3 is 1. The van der Waals surface area contributed by atoms with Crippen LogP contribution in [-0.4, -0.2) is 64.2 Å². The summed E-state index contributed by atoms with van der Waals surface area (Å²) in [4.78, 5) is 9.45. The molecule has 1 aromatic carbocycles. The quantitative estimate of drug-likeness (QED) is 0.907. The number of nitrogens with zero attached hydrogens (tertiary/aromatic N) is 3. The Hall–Kier alpha value is -1.75. The van der Waals surface area contributed by atoms with Gasteiger partial charge in [0.15, 0.2) is 0 Å². The molecule has 5 heteroatoms. The molecule has 0 aliphatic carbocycles. The number of piperazine rings is 1. The van der Waals surface area contributed by atoms with Gasteiger partial charge in [0, 0.05) is 44.8 Å². The van der Waals surface area contributed by atoms with Crippen molar-refractivity contribution in [2.75, 3.05) is 58.3 Å². The zero-order chi connectivity index (χ0) is 14.7. The fourth-order valence-electron chi connectivity index (χ4n) is 2.95. The van der Waals surface area contributed by atoms with E-state index in [9.17, 15) is 0 Å². The minimum atomic E-state index is 0.904. The molecule has 1 fully saturated rings. The Morgan fingerprint density at radius 3 is 2.67 bits per heavy atom. The number of ether oxygens (including phenoxy) is 1. The maximum absolute atomic E-state index is 5.62. The van der Waals surface area contributed by atoms with E-state index < -0.39 is 0 Å². The first-order chi connectivity index (χ1) is 10.3. The number of aliphatic imine (C=N–C) groups is 1. The minimum absolute atomic E-state index is 0.904. The second kappa shape index (κ2) is 6.35. The summed E-state index contributed by atoms with van der Waals surface area (Å²) in [6.07, 6.45) is 1.11. The molecule has 0 amide bonds. The Morgan fingerprint density at radius 1 is 1.19 bits per heavy atom. The number of hydrogen-bond donors (Lipinski definition) is 1. The lowest BCUT2D eigenvalue weighted by Gasteiger charge is -2.36. The maximum atomic E-state index is 5.62. The average Bonchev–Trinajstić information content (AvgIpc) is 2.56. The highest BCUT2D eigenvalue weighted by molar-refractivity contribution is 6.05. The van der Waals surface area contributed by atoms with Crippen LogP contribution in [0.1, 0.15) is 12.0 Å². The van der Waals surface area contributed by atoms with Gasteiger partial charge in [-0.2, -0.15) is 0 Å². The van der Waals surface area contributed by atoms with E-state index >= 15 is 0 Å². The van der Waals surface area contributed by atoms with E-state index in [0.29, 0.717) is 0 Å². The van der Waals surface area contributed by atoms with E-state index in [1.165, 1.54) is 11.3 Å². The smallest absolute Gasteiger partial charge is 0.142 e. The average molecular weight is 288 g/mol. The first-order valence-corrected chi connectivity index (χ1v) is 7.69. The van der Waals surface area contributed by atoms with Gasteiger partial charge in [-0.15, -0.1) is 0 Å². The molecule has 1 saturated heterocycles. The number of anilines is 1. The number of nitrogens with one attached hydrogen (secondary N) is 1. The SMILES string of the molecule is COc1cccc(C2=NCCCN2)c1N1CCN(C)CC1. The van der Waals surface area contributed by atoms with E-state index in [1.54, 1.807) is 7.11 Å². The molecule has 0 unspecified atom stereocenters. The first-order valence-electron chi connectivity index (χ1n) is 7.69. The molecule has 1 aromatic rings. The van der Waals surface area contributed by atoms with Gasteiger partial charge in [0.1, 0.15) is 11.6 Å². The number of hydrogen-bond acceptors (Lipinski definition) is 5. The summed E-state index contributed by atoms with van der Waals surface area (Å²) in [6.45, 7) is 6.11. The lowest BCUT2D eigenvalue weighted by Crippen LogP contribution is -2.45. The Kier molecular flexibility index (Phi) is 4.29. The van der Waals surface area contributed by atoms with Crippen molar-refractivity contribution in [2.45, 2.75) is 6.42 Å². The van der Waals surface area contributed by atoms with Gasteiger partial charge in [-0.25, -0.2) is 0 Å². The highest BCUT2D eigenvalue weighted by Crippen LogP contribution is 2.33. The molecule has 21 heavy (non-hydrogen) atoms. The van der Waals surface area contributed by atoms with Crippen molar-refractivity contribution in [3.63, 3.8) is 0 Å². The second-order valence-corrected chi connectivity index (χ2v) is 5.66. The van der Waals surface area contributed by atoms with Gasteiger partial charge in [-0.1, -0.05) is 6.07 Å². The van der Waals surface area contributed by atoms with Crippen molar-refractivity contribution >= 4 is 11.5 Å². The number of amidine groups is 1. The third-order valence-corrected chi connectivity index (χ3v) is 4.19. The lowest BCUT2D eigenvalue weighted by atomic mass is 10.1. The molecule has 2 heterocycles. The van der Waals surface area contributed by atoms with Crippen molar-refractivity contribution in [1.29, 1.82) is 0 Å². The number of rotatable bonds is 3. The molecule has 2 aliphatic rings. The van der Waals surface area contributed by atoms with Gasteiger partial charge in [0.2, 0.25) is 0 Å². The Morgan fingerprint density at radius 2 is 2.00 bits per heavy atom. The summed E-state index contributed by atoms with van der Waals surface area (Å²) in [7, 11) is 3.92. The molecule has 0 saturated carbocycles. The van der Waals surface area contributed by atoms with Gasteiger partial charge in [-0.05, 0) is 25.6 Å². The molecule has 0 radical (unpaired) electrons. The molecule has 0 spiro atoms. The van der Waals surface area contributed by atoms with Crippen LogP contribution in [-0.2, 0) is 0 Å². The van der Waals surface area contributed by atoms with E-state index in [1.807, 2.05) is 12.1 Å². The van der Waals surface area contributed by atoms with Crippen molar-refractivity contribution in [2.24, 2.45) is 4.99 Å². The third-order valence-electron chi connectivity index (χ3n) is 4.19. The largest absolute Gasteiger partial charge is 0.495 e. The van der Waals surface area contributed by atoms with Gasteiger partial charge >= 0.3 is 0 Å². The Labute approximate surface area is 126 Å². The standard InChI is InChI=1S/C16H24N4O/c1-19-9-11-20(12-10-19)15-13(5-3-6-14(15)21-2)16-17-7-4-8-18-16/h3,5-6H,4,7-12H2,1-2H3,(H,17,18). The van der Waals surface area contributed by atoms with Gasteiger partial charge in [0.05, 0.1) is 12.8 Å². The van der Waals surface area contributed by atoms with E-state index in [-0.39, 0.29) is 0 Å². The molecule has 0 bridgehead atoms. The third kappa shape index (κ3) is 2.97. The van der Waals surface area contributed by atoms with Gasteiger partial charge < -0.3 is 19.9 Å². The fourth-order valence-corrected chi connectivity index (χ4v) is 2.95. The summed E-state index contributed by atoms with van der Waals surface area (Å²) in [5.41, 5.74) is 2.35. The molecule has 1 N–H and O–H groups in total. The van der Waals surface area contributed by atoms with E-state index in [4.69, 9.17) is 4.74 Å². The van der Waals surface area contributed by atoms with Crippen LogP contribution in [0.15, 0.2) is 23.2 Å². The predicted octanol–water partition coefficient (Wildman–Crippen LogP) is 1.19. The first kappa shape index (κ1) is 14.2. The summed E-state index contributed by atoms with van der Waals surface area (Å²) in [5.74, 6) is 1.95. The van der Waals surface area contributed by atoms with Crippen LogP contribution in [0.5, 0.6) is 5.75 Å². The topological polar surface area (TPSA) is 40.1 Å². The minimum Gasteiger partial charge on any atom is -0.495 e. The van der Waals surface area contributed by atoms with Crippen LogP contribution in [0.25, 0.3) is 0 Å². The summed E-state index contributed by atoms with van der Waals surface area (Å²) >= 11 is 0. The van der Waals surface area contributed by atoms with Crippen LogP contribution in [0.3, 0.4) is 0 Å². The van der Waals surface area contributed by atoms with Crippen LogP contribution >= 0.6 is 0 Å². The molecule has 0 aromatic heterocycles. The molecular weight excluding hydrogens is 264 g/mol. The molecular formula is C16H24N4O. The highest BCUT2D eigenvalue weighted by atomic mass is 16.5. The van der Waals surface area contributed by atoms with Crippen LogP contribution in [0.2, 0.25) is 0 Å². The zero-order valence-electron chi connectivity index (χ0n) is 12.9. The number of para-hydroxylation sites is 1. The van der Waals surface area contributed by atoms with Crippen molar-refractivity contribution < 1.29 is 4.74 Å². The van der Waals surface area contributed by atoms with Crippen LogP contribution in [0, 0.1) is 0 Å².